The van der Waals surface area contributed by atoms with E-state index in [0.29, 0.717) is 18.6 Å². The largest absolute Gasteiger partial charge is 0.389 e. The third-order valence-electron chi connectivity index (χ3n) is 4.05. The van der Waals surface area contributed by atoms with Gasteiger partial charge in [0.15, 0.2) is 0 Å². The molecule has 1 saturated heterocycles. The first-order chi connectivity index (χ1) is 7.85. The second kappa shape index (κ2) is 6.14. The van der Waals surface area contributed by atoms with Crippen LogP contribution in [-0.2, 0) is 0 Å². The maximum absolute atomic E-state index is 10.0. The predicted octanol–water partition coefficient (Wildman–Crippen LogP) is 0.501. The monoisotopic (exact) mass is 243 g/mol. The molecule has 0 spiro atoms. The molecule has 3 N–H and O–H groups in total. The van der Waals surface area contributed by atoms with Crippen molar-refractivity contribution in [2.45, 2.75) is 50.8 Å². The van der Waals surface area contributed by atoms with E-state index in [4.69, 9.17) is 5.73 Å². The number of rotatable bonds is 5. The summed E-state index contributed by atoms with van der Waals surface area (Å²) in [5.74, 6) is 0. The van der Waals surface area contributed by atoms with Gasteiger partial charge in [-0.3, -0.25) is 4.90 Å². The highest BCUT2D eigenvalue weighted by Gasteiger charge is 2.28. The van der Waals surface area contributed by atoms with Crippen LogP contribution in [0.15, 0.2) is 0 Å². The first kappa shape index (κ1) is 14.9. The van der Waals surface area contributed by atoms with Gasteiger partial charge in [0.25, 0.3) is 0 Å². The third kappa shape index (κ3) is 4.54. The Balaban J connectivity index is 2.48. The summed E-state index contributed by atoms with van der Waals surface area (Å²) in [7, 11) is 4.35. The zero-order valence-corrected chi connectivity index (χ0v) is 11.8. The topological polar surface area (TPSA) is 52.7 Å². The van der Waals surface area contributed by atoms with E-state index in [1.807, 2.05) is 6.92 Å². The second-order valence-electron chi connectivity index (χ2n) is 5.98. The molecule has 1 aliphatic rings. The van der Waals surface area contributed by atoms with Crippen LogP contribution in [0.2, 0.25) is 0 Å². The number of likely N-dealkylation sites (N-methyl/N-ethyl adjacent to an activating group) is 2. The highest BCUT2D eigenvalue weighted by molar-refractivity contribution is 4.85. The van der Waals surface area contributed by atoms with Crippen LogP contribution in [0.4, 0.5) is 0 Å². The maximum atomic E-state index is 10.0. The number of nitrogens with zero attached hydrogens (tertiary/aromatic N) is 2. The smallest absolute Gasteiger partial charge is 0.0756 e. The Kier molecular flexibility index (Phi) is 5.38. The fourth-order valence-electron chi connectivity index (χ4n) is 2.70. The zero-order valence-electron chi connectivity index (χ0n) is 11.8. The van der Waals surface area contributed by atoms with Gasteiger partial charge in [-0.1, -0.05) is 0 Å². The first-order valence-corrected chi connectivity index (χ1v) is 6.68. The Morgan fingerprint density at radius 3 is 2.76 bits per heavy atom. The van der Waals surface area contributed by atoms with Crippen molar-refractivity contribution in [3.05, 3.63) is 0 Å². The van der Waals surface area contributed by atoms with Crippen molar-refractivity contribution in [3.8, 4) is 0 Å². The van der Waals surface area contributed by atoms with Gasteiger partial charge in [0.2, 0.25) is 0 Å². The summed E-state index contributed by atoms with van der Waals surface area (Å²) in [6.45, 7) is 6.67. The van der Waals surface area contributed by atoms with Gasteiger partial charge in [-0.15, -0.1) is 0 Å². The van der Waals surface area contributed by atoms with Crippen molar-refractivity contribution >= 4 is 0 Å². The Bertz CT molecular complexity index is 233. The minimum absolute atomic E-state index is 0.329. The fourth-order valence-corrected chi connectivity index (χ4v) is 2.70. The van der Waals surface area contributed by atoms with E-state index >= 15 is 0 Å². The molecule has 0 saturated carbocycles. The molecule has 1 rings (SSSR count). The Labute approximate surface area is 106 Å². The molecule has 0 aromatic carbocycles. The van der Waals surface area contributed by atoms with Crippen molar-refractivity contribution in [3.63, 3.8) is 0 Å². The lowest BCUT2D eigenvalue weighted by atomic mass is 9.95. The molecule has 102 valence electrons. The minimum Gasteiger partial charge on any atom is -0.389 e. The maximum Gasteiger partial charge on any atom is 0.0756 e. The molecule has 0 aliphatic carbocycles. The lowest BCUT2D eigenvalue weighted by Gasteiger charge is -2.40. The van der Waals surface area contributed by atoms with Gasteiger partial charge in [-0.2, -0.15) is 0 Å². The minimum atomic E-state index is -0.742. The van der Waals surface area contributed by atoms with E-state index in [1.165, 1.54) is 19.4 Å². The van der Waals surface area contributed by atoms with Crippen LogP contribution in [0.5, 0.6) is 0 Å². The van der Waals surface area contributed by atoms with E-state index in [9.17, 15) is 5.11 Å². The van der Waals surface area contributed by atoms with Gasteiger partial charge in [-0.05, 0) is 53.8 Å². The Morgan fingerprint density at radius 2 is 2.24 bits per heavy atom. The van der Waals surface area contributed by atoms with Gasteiger partial charge in [-0.25, -0.2) is 0 Å². The van der Waals surface area contributed by atoms with Crippen molar-refractivity contribution in [1.29, 1.82) is 0 Å². The molecule has 0 radical (unpaired) electrons. The van der Waals surface area contributed by atoms with Crippen molar-refractivity contribution in [2.24, 2.45) is 5.73 Å². The molecule has 3 atom stereocenters. The lowest BCUT2D eigenvalue weighted by Crippen LogP contribution is -2.50. The molecule has 0 amide bonds. The first-order valence-electron chi connectivity index (χ1n) is 6.68. The molecule has 0 aromatic heterocycles. The van der Waals surface area contributed by atoms with E-state index < -0.39 is 5.60 Å². The van der Waals surface area contributed by atoms with Crippen LogP contribution >= 0.6 is 0 Å². The van der Waals surface area contributed by atoms with Crippen molar-refractivity contribution in [2.75, 3.05) is 33.7 Å². The summed E-state index contributed by atoms with van der Waals surface area (Å²) in [6, 6.07) is 0.974. The number of hydrogen-bond donors (Lipinski definition) is 2. The fraction of sp³-hybridized carbons (Fsp3) is 1.00. The lowest BCUT2D eigenvalue weighted by molar-refractivity contribution is 0.0168. The molecule has 17 heavy (non-hydrogen) atoms. The van der Waals surface area contributed by atoms with Gasteiger partial charge < -0.3 is 15.7 Å². The Morgan fingerprint density at radius 1 is 1.59 bits per heavy atom. The molecule has 0 aromatic rings. The van der Waals surface area contributed by atoms with Crippen LogP contribution < -0.4 is 5.73 Å². The molecule has 4 heteroatoms. The molecule has 3 unspecified atom stereocenters. The SMILES string of the molecule is CC(CC(C)(O)CN)N(C)C1CCCN(C)C1. The van der Waals surface area contributed by atoms with Crippen LogP contribution in [-0.4, -0.2) is 66.3 Å². The average Bonchev–Trinajstić information content (AvgIpc) is 2.27. The van der Waals surface area contributed by atoms with Crippen LogP contribution in [0.3, 0.4) is 0 Å². The van der Waals surface area contributed by atoms with Gasteiger partial charge in [0, 0.05) is 25.2 Å². The highest BCUT2D eigenvalue weighted by atomic mass is 16.3. The predicted molar refractivity (Wildman–Crippen MR) is 72.0 cm³/mol. The van der Waals surface area contributed by atoms with E-state index in [-0.39, 0.29) is 0 Å². The molecule has 0 bridgehead atoms. The van der Waals surface area contributed by atoms with Gasteiger partial charge >= 0.3 is 0 Å². The van der Waals surface area contributed by atoms with Crippen LogP contribution in [0.1, 0.15) is 33.1 Å². The summed E-state index contributed by atoms with van der Waals surface area (Å²) in [5, 5.41) is 10.0. The summed E-state index contributed by atoms with van der Waals surface area (Å²) in [4.78, 5) is 4.79. The standard InChI is InChI=1S/C13H29N3O/c1-11(8-13(2,17)10-14)16(4)12-6-5-7-15(3)9-12/h11-12,17H,5-10,14H2,1-4H3. The number of aliphatic hydroxyl groups is 1. The molecule has 1 fully saturated rings. The summed E-state index contributed by atoms with van der Waals surface area (Å²) < 4.78 is 0. The van der Waals surface area contributed by atoms with Gasteiger partial charge in [0.1, 0.15) is 0 Å². The summed E-state index contributed by atoms with van der Waals surface area (Å²) >= 11 is 0. The third-order valence-corrected chi connectivity index (χ3v) is 4.05. The zero-order chi connectivity index (χ0) is 13.1. The molecule has 1 heterocycles. The molecular weight excluding hydrogens is 214 g/mol. The van der Waals surface area contributed by atoms with E-state index in [0.717, 1.165) is 13.0 Å². The summed E-state index contributed by atoms with van der Waals surface area (Å²) in [6.07, 6.45) is 3.27. The molecular formula is C13H29N3O. The van der Waals surface area contributed by atoms with Gasteiger partial charge in [0.05, 0.1) is 5.60 Å². The average molecular weight is 243 g/mol. The number of likely N-dealkylation sites (tertiary alicyclic amines) is 1. The number of hydrogen-bond acceptors (Lipinski definition) is 4. The highest BCUT2D eigenvalue weighted by Crippen LogP contribution is 2.20. The van der Waals surface area contributed by atoms with Crippen LogP contribution in [0, 0.1) is 0 Å². The quantitative estimate of drug-likeness (QED) is 0.738. The van der Waals surface area contributed by atoms with Crippen molar-refractivity contribution < 1.29 is 5.11 Å². The number of piperidine rings is 1. The molecule has 4 nitrogen and oxygen atoms in total. The molecule has 1 aliphatic heterocycles. The van der Waals surface area contributed by atoms with Crippen LogP contribution in [0.25, 0.3) is 0 Å². The van der Waals surface area contributed by atoms with E-state index in [2.05, 4.69) is 30.8 Å². The second-order valence-corrected chi connectivity index (χ2v) is 5.98. The summed E-state index contributed by atoms with van der Waals surface area (Å²) in [5.41, 5.74) is 4.84. The normalized spacial score (nSPS) is 28.1. The van der Waals surface area contributed by atoms with E-state index in [1.54, 1.807) is 0 Å². The van der Waals surface area contributed by atoms with Crippen molar-refractivity contribution in [1.82, 2.24) is 9.80 Å². The number of nitrogens with two attached hydrogens (primary N) is 1. The Hall–Kier alpha value is -0.160.